The van der Waals surface area contributed by atoms with Gasteiger partial charge in [0.1, 0.15) is 0 Å². The maximum atomic E-state index is 6.21. The number of aryl methyl sites for hydroxylation is 1. The average Bonchev–Trinajstić information content (AvgIpc) is 3.15. The van der Waals surface area contributed by atoms with E-state index in [1.807, 2.05) is 0 Å². The molecule has 3 heteroatoms. The number of aromatic nitrogens is 1. The van der Waals surface area contributed by atoms with Gasteiger partial charge in [-0.3, -0.25) is 0 Å². The molecule has 0 saturated heterocycles. The van der Waals surface area contributed by atoms with Crippen LogP contribution in [0.1, 0.15) is 55.1 Å². The maximum absolute atomic E-state index is 6.21. The first-order valence-corrected chi connectivity index (χ1v) is 7.78. The van der Waals surface area contributed by atoms with E-state index >= 15 is 0 Å². The summed E-state index contributed by atoms with van der Waals surface area (Å²) in [5.41, 5.74) is 10.4. The van der Waals surface area contributed by atoms with Crippen molar-refractivity contribution in [2.75, 3.05) is 13.2 Å². The number of fused-ring (bicyclic) bond motifs is 1. The Balaban J connectivity index is 1.54. The number of ether oxygens (including phenoxy) is 1. The zero-order valence-electron chi connectivity index (χ0n) is 12.0. The lowest BCUT2D eigenvalue weighted by Crippen LogP contribution is -2.18. The highest BCUT2D eigenvalue weighted by atomic mass is 16.5. The molecule has 2 aliphatic rings. The van der Waals surface area contributed by atoms with Crippen molar-refractivity contribution in [2.45, 2.75) is 58.0 Å². The fourth-order valence-electron chi connectivity index (χ4n) is 3.17. The standard InChI is InChI=1S/C16H26N2O/c1-12-10-14-15(17)4-2-5-16(14)18(12)8-3-9-19-11-13-6-7-13/h10,13,15H,2-9,11,17H2,1H3. The Morgan fingerprint density at radius 2 is 2.21 bits per heavy atom. The second kappa shape index (κ2) is 5.68. The molecule has 0 aromatic carbocycles. The lowest BCUT2D eigenvalue weighted by Gasteiger charge is -2.21. The van der Waals surface area contributed by atoms with Gasteiger partial charge in [0.15, 0.2) is 0 Å². The molecule has 1 fully saturated rings. The van der Waals surface area contributed by atoms with Crippen molar-refractivity contribution in [1.29, 1.82) is 0 Å². The number of nitrogens with two attached hydrogens (primary N) is 1. The summed E-state index contributed by atoms with van der Waals surface area (Å²) in [6, 6.07) is 2.55. The topological polar surface area (TPSA) is 40.2 Å². The van der Waals surface area contributed by atoms with Gasteiger partial charge in [0.05, 0.1) is 0 Å². The van der Waals surface area contributed by atoms with Gasteiger partial charge in [-0.15, -0.1) is 0 Å². The van der Waals surface area contributed by atoms with Crippen molar-refractivity contribution in [3.8, 4) is 0 Å². The van der Waals surface area contributed by atoms with E-state index in [2.05, 4.69) is 17.6 Å². The van der Waals surface area contributed by atoms with Gasteiger partial charge in [0, 0.05) is 37.2 Å². The summed E-state index contributed by atoms with van der Waals surface area (Å²) in [6.45, 7) is 5.16. The van der Waals surface area contributed by atoms with Crippen molar-refractivity contribution in [2.24, 2.45) is 11.7 Å². The van der Waals surface area contributed by atoms with E-state index in [0.717, 1.165) is 38.5 Å². The van der Waals surface area contributed by atoms with E-state index in [4.69, 9.17) is 10.5 Å². The average molecular weight is 262 g/mol. The molecule has 2 aliphatic carbocycles. The van der Waals surface area contributed by atoms with E-state index in [0.29, 0.717) is 0 Å². The molecule has 19 heavy (non-hydrogen) atoms. The predicted molar refractivity (Wildman–Crippen MR) is 77.2 cm³/mol. The summed E-state index contributed by atoms with van der Waals surface area (Å²) in [5, 5.41) is 0. The van der Waals surface area contributed by atoms with E-state index in [1.165, 1.54) is 42.6 Å². The molecule has 1 unspecified atom stereocenters. The van der Waals surface area contributed by atoms with Gasteiger partial charge >= 0.3 is 0 Å². The lowest BCUT2D eigenvalue weighted by atomic mass is 9.93. The highest BCUT2D eigenvalue weighted by molar-refractivity contribution is 5.32. The van der Waals surface area contributed by atoms with Gasteiger partial charge in [-0.05, 0) is 63.0 Å². The summed E-state index contributed by atoms with van der Waals surface area (Å²) in [5.74, 6) is 0.874. The first-order chi connectivity index (χ1) is 9.25. The Hall–Kier alpha value is -0.800. The van der Waals surface area contributed by atoms with Crippen molar-refractivity contribution < 1.29 is 4.74 Å². The van der Waals surface area contributed by atoms with Crippen LogP contribution in [0.3, 0.4) is 0 Å². The molecule has 1 saturated carbocycles. The Morgan fingerprint density at radius 1 is 1.37 bits per heavy atom. The molecule has 1 aromatic rings. The summed E-state index contributed by atoms with van der Waals surface area (Å²) >= 11 is 0. The zero-order chi connectivity index (χ0) is 13.2. The molecule has 1 heterocycles. The normalized spacial score (nSPS) is 22.5. The second-order valence-corrected chi connectivity index (χ2v) is 6.21. The smallest absolute Gasteiger partial charge is 0.0494 e. The van der Waals surface area contributed by atoms with Gasteiger partial charge in [0.2, 0.25) is 0 Å². The Labute approximate surface area is 116 Å². The first kappa shape index (κ1) is 13.2. The third kappa shape index (κ3) is 3.03. The van der Waals surface area contributed by atoms with E-state index in [1.54, 1.807) is 0 Å². The van der Waals surface area contributed by atoms with Crippen LogP contribution in [-0.4, -0.2) is 17.8 Å². The van der Waals surface area contributed by atoms with E-state index < -0.39 is 0 Å². The number of hydrogen-bond donors (Lipinski definition) is 1. The lowest BCUT2D eigenvalue weighted by molar-refractivity contribution is 0.119. The van der Waals surface area contributed by atoms with Gasteiger partial charge in [-0.2, -0.15) is 0 Å². The molecule has 2 N–H and O–H groups in total. The second-order valence-electron chi connectivity index (χ2n) is 6.21. The van der Waals surface area contributed by atoms with Crippen LogP contribution in [0.2, 0.25) is 0 Å². The highest BCUT2D eigenvalue weighted by Crippen LogP contribution is 2.31. The number of rotatable bonds is 6. The van der Waals surface area contributed by atoms with Crippen LogP contribution in [0.5, 0.6) is 0 Å². The molecule has 0 amide bonds. The monoisotopic (exact) mass is 262 g/mol. The van der Waals surface area contributed by atoms with Crippen LogP contribution >= 0.6 is 0 Å². The van der Waals surface area contributed by atoms with Crippen LogP contribution in [0.25, 0.3) is 0 Å². The summed E-state index contributed by atoms with van der Waals surface area (Å²) in [7, 11) is 0. The third-order valence-electron chi connectivity index (χ3n) is 4.50. The molecule has 0 bridgehead atoms. The van der Waals surface area contributed by atoms with Crippen molar-refractivity contribution in [3.63, 3.8) is 0 Å². The van der Waals surface area contributed by atoms with Crippen LogP contribution in [-0.2, 0) is 17.7 Å². The Kier molecular flexibility index (Phi) is 3.94. The minimum Gasteiger partial charge on any atom is -0.381 e. The largest absolute Gasteiger partial charge is 0.381 e. The number of nitrogens with zero attached hydrogens (tertiary/aromatic N) is 1. The predicted octanol–water partition coefficient (Wildman–Crippen LogP) is 2.95. The minimum atomic E-state index is 0.259. The molecule has 1 aromatic heterocycles. The molecule has 0 radical (unpaired) electrons. The zero-order valence-corrected chi connectivity index (χ0v) is 12.0. The van der Waals surface area contributed by atoms with E-state index in [-0.39, 0.29) is 6.04 Å². The van der Waals surface area contributed by atoms with Crippen LogP contribution < -0.4 is 5.73 Å². The molecule has 3 rings (SSSR count). The van der Waals surface area contributed by atoms with Crippen LogP contribution in [0.4, 0.5) is 0 Å². The maximum Gasteiger partial charge on any atom is 0.0494 e. The fourth-order valence-corrected chi connectivity index (χ4v) is 3.17. The van der Waals surface area contributed by atoms with Gasteiger partial charge < -0.3 is 15.0 Å². The Bertz CT molecular complexity index is 434. The first-order valence-electron chi connectivity index (χ1n) is 7.78. The summed E-state index contributed by atoms with van der Waals surface area (Å²) in [4.78, 5) is 0. The molecular weight excluding hydrogens is 236 g/mol. The molecule has 3 nitrogen and oxygen atoms in total. The fraction of sp³-hybridized carbons (Fsp3) is 0.750. The van der Waals surface area contributed by atoms with Gasteiger partial charge in [-0.1, -0.05) is 0 Å². The van der Waals surface area contributed by atoms with Crippen LogP contribution in [0, 0.1) is 12.8 Å². The highest BCUT2D eigenvalue weighted by Gasteiger charge is 2.22. The third-order valence-corrected chi connectivity index (χ3v) is 4.50. The van der Waals surface area contributed by atoms with E-state index in [9.17, 15) is 0 Å². The quantitative estimate of drug-likeness (QED) is 0.801. The van der Waals surface area contributed by atoms with Gasteiger partial charge in [0.25, 0.3) is 0 Å². The number of hydrogen-bond acceptors (Lipinski definition) is 2. The van der Waals surface area contributed by atoms with Crippen LogP contribution in [0.15, 0.2) is 6.07 Å². The minimum absolute atomic E-state index is 0.259. The molecular formula is C16H26N2O. The molecule has 1 atom stereocenters. The van der Waals surface area contributed by atoms with Crippen molar-refractivity contribution >= 4 is 0 Å². The van der Waals surface area contributed by atoms with Crippen molar-refractivity contribution in [1.82, 2.24) is 4.57 Å². The summed E-state index contributed by atoms with van der Waals surface area (Å²) < 4.78 is 8.19. The molecule has 0 aliphatic heterocycles. The SMILES string of the molecule is Cc1cc2c(n1CCCOCC1CC1)CCCC2N. The van der Waals surface area contributed by atoms with Gasteiger partial charge in [-0.25, -0.2) is 0 Å². The Morgan fingerprint density at radius 3 is 3.00 bits per heavy atom. The van der Waals surface area contributed by atoms with Crippen molar-refractivity contribution in [3.05, 3.63) is 23.0 Å². The molecule has 0 spiro atoms. The summed E-state index contributed by atoms with van der Waals surface area (Å²) in [6.07, 6.45) is 7.44. The molecule has 106 valence electrons.